The monoisotopic (exact) mass is 275 g/mol. The molecular formula is C12H13N5O3. The van der Waals surface area contributed by atoms with Gasteiger partial charge in [-0.2, -0.15) is 5.10 Å². The Balaban J connectivity index is 2.10. The molecule has 8 heteroatoms. The molecule has 0 saturated carbocycles. The number of H-pyrrole nitrogens is 1. The minimum absolute atomic E-state index is 0.0475. The third kappa shape index (κ3) is 3.10. The first kappa shape index (κ1) is 13.5. The lowest BCUT2D eigenvalue weighted by Gasteiger charge is -2.03. The second kappa shape index (κ2) is 5.83. The zero-order valence-corrected chi connectivity index (χ0v) is 10.9. The second-order valence-corrected chi connectivity index (χ2v) is 3.89. The smallest absolute Gasteiger partial charge is 0.274 e. The first-order valence-electron chi connectivity index (χ1n) is 5.70. The largest absolute Gasteiger partial charge is 0.504 e. The van der Waals surface area contributed by atoms with Gasteiger partial charge in [0, 0.05) is 0 Å². The summed E-state index contributed by atoms with van der Waals surface area (Å²) in [5, 5.41) is 20.7. The molecule has 1 aromatic carbocycles. The standard InChI is InChI=1S/C12H13N5O3/c1-7-11(19)14-12(17-15-7)16-13-6-8-3-4-9(18)10(5-8)20-2/h3-6,18H,1-2H3,(H2,14,16,17,19)/b13-6+. The molecule has 0 amide bonds. The fourth-order valence-electron chi connectivity index (χ4n) is 1.39. The number of aryl methyl sites for hydroxylation is 1. The molecule has 8 nitrogen and oxygen atoms in total. The number of hydrazone groups is 1. The molecule has 0 unspecified atom stereocenters. The summed E-state index contributed by atoms with van der Waals surface area (Å²) in [6.45, 7) is 1.56. The first-order valence-corrected chi connectivity index (χ1v) is 5.70. The number of benzene rings is 1. The maximum Gasteiger partial charge on any atom is 0.274 e. The van der Waals surface area contributed by atoms with E-state index in [9.17, 15) is 9.90 Å². The number of nitrogens with zero attached hydrogens (tertiary/aromatic N) is 3. The number of phenolic OH excluding ortho intramolecular Hbond substituents is 1. The van der Waals surface area contributed by atoms with Crippen molar-refractivity contribution in [1.82, 2.24) is 15.2 Å². The highest BCUT2D eigenvalue weighted by atomic mass is 16.5. The first-order chi connectivity index (χ1) is 9.60. The van der Waals surface area contributed by atoms with Crippen LogP contribution in [0.3, 0.4) is 0 Å². The van der Waals surface area contributed by atoms with E-state index in [0.29, 0.717) is 11.3 Å². The molecule has 0 aliphatic heterocycles. The SMILES string of the molecule is COc1cc(/C=N/Nc2nnc(C)c(=O)[nH]2)ccc1O. The summed E-state index contributed by atoms with van der Waals surface area (Å²) in [5.74, 6) is 0.534. The van der Waals surface area contributed by atoms with Crippen LogP contribution < -0.4 is 15.7 Å². The normalized spacial score (nSPS) is 10.7. The number of anilines is 1. The number of aromatic amines is 1. The molecule has 0 atom stereocenters. The molecule has 0 bridgehead atoms. The number of hydrogen-bond donors (Lipinski definition) is 3. The highest BCUT2D eigenvalue weighted by Crippen LogP contribution is 2.25. The predicted molar refractivity (Wildman–Crippen MR) is 73.3 cm³/mol. The Kier molecular flexibility index (Phi) is 3.94. The van der Waals surface area contributed by atoms with Gasteiger partial charge in [-0.1, -0.05) is 0 Å². The molecule has 3 N–H and O–H groups in total. The van der Waals surface area contributed by atoms with Gasteiger partial charge in [0.05, 0.1) is 13.3 Å². The lowest BCUT2D eigenvalue weighted by molar-refractivity contribution is 0.373. The zero-order chi connectivity index (χ0) is 14.5. The molecule has 104 valence electrons. The van der Waals surface area contributed by atoms with Gasteiger partial charge in [0.15, 0.2) is 11.5 Å². The van der Waals surface area contributed by atoms with Crippen LogP contribution in [0.15, 0.2) is 28.1 Å². The number of methoxy groups -OCH3 is 1. The van der Waals surface area contributed by atoms with Gasteiger partial charge in [-0.05, 0) is 30.7 Å². The van der Waals surface area contributed by atoms with Crippen LogP contribution in [0.2, 0.25) is 0 Å². The van der Waals surface area contributed by atoms with E-state index in [1.165, 1.54) is 19.4 Å². The number of aromatic nitrogens is 3. The number of nitrogens with one attached hydrogen (secondary N) is 2. The van der Waals surface area contributed by atoms with Crippen molar-refractivity contribution in [2.24, 2.45) is 5.10 Å². The van der Waals surface area contributed by atoms with Gasteiger partial charge in [-0.15, -0.1) is 10.2 Å². The van der Waals surface area contributed by atoms with Crippen LogP contribution in [0.5, 0.6) is 11.5 Å². The molecule has 0 saturated heterocycles. The van der Waals surface area contributed by atoms with E-state index in [0.717, 1.165) is 0 Å². The third-order valence-electron chi connectivity index (χ3n) is 2.45. The van der Waals surface area contributed by atoms with Gasteiger partial charge in [-0.25, -0.2) is 5.43 Å². The zero-order valence-electron chi connectivity index (χ0n) is 10.9. The number of rotatable bonds is 4. The predicted octanol–water partition coefficient (Wildman–Crippen LogP) is 0.634. The van der Waals surface area contributed by atoms with Gasteiger partial charge >= 0.3 is 0 Å². The summed E-state index contributed by atoms with van der Waals surface area (Å²) in [7, 11) is 1.46. The van der Waals surface area contributed by atoms with Crippen LogP contribution in [0.4, 0.5) is 5.95 Å². The van der Waals surface area contributed by atoms with Crippen molar-refractivity contribution in [3.63, 3.8) is 0 Å². The maximum absolute atomic E-state index is 11.3. The van der Waals surface area contributed by atoms with Crippen molar-refractivity contribution in [3.05, 3.63) is 39.8 Å². The van der Waals surface area contributed by atoms with E-state index < -0.39 is 0 Å². The van der Waals surface area contributed by atoms with Crippen LogP contribution >= 0.6 is 0 Å². The van der Waals surface area contributed by atoms with Crippen LogP contribution in [-0.2, 0) is 0 Å². The van der Waals surface area contributed by atoms with Gasteiger partial charge in [0.25, 0.3) is 5.56 Å². The highest BCUT2D eigenvalue weighted by Gasteiger charge is 2.01. The third-order valence-corrected chi connectivity index (χ3v) is 2.45. The fraction of sp³-hybridized carbons (Fsp3) is 0.167. The summed E-state index contributed by atoms with van der Waals surface area (Å²) in [6, 6.07) is 4.77. The Bertz CT molecular complexity index is 696. The lowest BCUT2D eigenvalue weighted by atomic mass is 10.2. The van der Waals surface area contributed by atoms with Gasteiger partial charge in [-0.3, -0.25) is 9.78 Å². The Hall–Kier alpha value is -2.90. The number of aromatic hydroxyl groups is 1. The van der Waals surface area contributed by atoms with E-state index >= 15 is 0 Å². The summed E-state index contributed by atoms with van der Waals surface area (Å²) < 4.78 is 4.98. The summed E-state index contributed by atoms with van der Waals surface area (Å²) in [4.78, 5) is 13.8. The molecule has 1 aromatic heterocycles. The molecule has 2 rings (SSSR count). The van der Waals surface area contributed by atoms with E-state index in [2.05, 4.69) is 25.7 Å². The van der Waals surface area contributed by atoms with Crippen LogP contribution in [-0.4, -0.2) is 33.6 Å². The molecule has 2 aromatic rings. The Morgan fingerprint density at radius 3 is 2.95 bits per heavy atom. The van der Waals surface area contributed by atoms with Gasteiger partial charge in [0.2, 0.25) is 5.95 Å². The van der Waals surface area contributed by atoms with Crippen molar-refractivity contribution < 1.29 is 9.84 Å². The van der Waals surface area contributed by atoms with Crippen molar-refractivity contribution in [1.29, 1.82) is 0 Å². The van der Waals surface area contributed by atoms with E-state index in [1.54, 1.807) is 19.1 Å². The quantitative estimate of drug-likeness (QED) is 0.557. The van der Waals surface area contributed by atoms with Crippen molar-refractivity contribution >= 4 is 12.2 Å². The lowest BCUT2D eigenvalue weighted by Crippen LogP contribution is -2.15. The molecular weight excluding hydrogens is 262 g/mol. The van der Waals surface area contributed by atoms with Crippen LogP contribution in [0.1, 0.15) is 11.3 Å². The molecule has 0 spiro atoms. The topological polar surface area (TPSA) is 112 Å². The number of phenols is 1. The fourth-order valence-corrected chi connectivity index (χ4v) is 1.39. The highest BCUT2D eigenvalue weighted by molar-refractivity contribution is 5.81. The maximum atomic E-state index is 11.3. The molecule has 0 aliphatic carbocycles. The molecule has 0 radical (unpaired) electrons. The summed E-state index contributed by atoms with van der Waals surface area (Å²) in [6.07, 6.45) is 1.49. The Morgan fingerprint density at radius 2 is 2.25 bits per heavy atom. The van der Waals surface area contributed by atoms with Gasteiger partial charge < -0.3 is 9.84 Å². The van der Waals surface area contributed by atoms with E-state index in [4.69, 9.17) is 4.74 Å². The van der Waals surface area contributed by atoms with Crippen LogP contribution in [0, 0.1) is 6.92 Å². The van der Waals surface area contributed by atoms with Crippen molar-refractivity contribution in [2.45, 2.75) is 6.92 Å². The second-order valence-electron chi connectivity index (χ2n) is 3.89. The summed E-state index contributed by atoms with van der Waals surface area (Å²) >= 11 is 0. The van der Waals surface area contributed by atoms with E-state index in [-0.39, 0.29) is 23.0 Å². The molecule has 0 fully saturated rings. The molecule has 20 heavy (non-hydrogen) atoms. The van der Waals surface area contributed by atoms with Crippen molar-refractivity contribution in [2.75, 3.05) is 12.5 Å². The van der Waals surface area contributed by atoms with Crippen LogP contribution in [0.25, 0.3) is 0 Å². The molecule has 0 aliphatic rings. The van der Waals surface area contributed by atoms with Gasteiger partial charge in [0.1, 0.15) is 5.69 Å². The average Bonchev–Trinajstić information content (AvgIpc) is 2.44. The Morgan fingerprint density at radius 1 is 1.45 bits per heavy atom. The minimum atomic E-state index is -0.330. The number of hydrogen-bond acceptors (Lipinski definition) is 7. The summed E-state index contributed by atoms with van der Waals surface area (Å²) in [5.41, 5.74) is 3.20. The average molecular weight is 275 g/mol. The number of ether oxygens (including phenoxy) is 1. The Labute approximate surface area is 114 Å². The van der Waals surface area contributed by atoms with Crippen molar-refractivity contribution in [3.8, 4) is 11.5 Å². The minimum Gasteiger partial charge on any atom is -0.504 e. The van der Waals surface area contributed by atoms with E-state index in [1.807, 2.05) is 0 Å². The molecule has 1 heterocycles.